The van der Waals surface area contributed by atoms with Crippen LogP contribution in [0.25, 0.3) is 0 Å². The Morgan fingerprint density at radius 2 is 1.81 bits per heavy atom. The van der Waals surface area contributed by atoms with Crippen LogP contribution < -0.4 is 16.0 Å². The SMILES string of the molecule is C=CCNC(=C)C(=C)C(CCCC)NC(=O)C1[C@H]2C(C)[C@H]2CN1C(=C)C(NC(C)=O)C1(C)CCCCC1. The highest BCUT2D eigenvalue weighted by Crippen LogP contribution is 2.57. The molecule has 3 fully saturated rings. The number of amides is 2. The highest BCUT2D eigenvalue weighted by Gasteiger charge is 2.62. The van der Waals surface area contributed by atoms with Crippen molar-refractivity contribution in [3.8, 4) is 0 Å². The first-order valence-electron chi connectivity index (χ1n) is 14.3. The van der Waals surface area contributed by atoms with E-state index in [1.807, 2.05) is 0 Å². The van der Waals surface area contributed by atoms with Gasteiger partial charge in [-0.2, -0.15) is 0 Å². The van der Waals surface area contributed by atoms with Crippen LogP contribution in [-0.2, 0) is 9.59 Å². The lowest BCUT2D eigenvalue weighted by Gasteiger charge is -2.45. The summed E-state index contributed by atoms with van der Waals surface area (Å²) in [5.74, 6) is 1.32. The van der Waals surface area contributed by atoms with E-state index in [9.17, 15) is 9.59 Å². The van der Waals surface area contributed by atoms with E-state index < -0.39 is 0 Å². The minimum absolute atomic E-state index is 0.0344. The molecule has 0 spiro atoms. The molecule has 0 bridgehead atoms. The molecule has 2 aliphatic carbocycles. The fourth-order valence-electron chi connectivity index (χ4n) is 6.75. The van der Waals surface area contributed by atoms with Crippen LogP contribution >= 0.6 is 0 Å². The largest absolute Gasteiger partial charge is 0.382 e. The number of hydrogen-bond donors (Lipinski definition) is 3. The summed E-state index contributed by atoms with van der Waals surface area (Å²) in [6.45, 7) is 26.4. The number of nitrogens with zero attached hydrogens (tertiary/aromatic N) is 1. The lowest BCUT2D eigenvalue weighted by Crippen LogP contribution is -2.55. The van der Waals surface area contributed by atoms with E-state index in [0.717, 1.165) is 68.5 Å². The van der Waals surface area contributed by atoms with Gasteiger partial charge in [-0.3, -0.25) is 9.59 Å². The topological polar surface area (TPSA) is 73.5 Å². The summed E-state index contributed by atoms with van der Waals surface area (Å²) >= 11 is 0. The Kier molecular flexibility index (Phi) is 9.71. The van der Waals surface area contributed by atoms with Gasteiger partial charge < -0.3 is 20.9 Å². The van der Waals surface area contributed by atoms with Gasteiger partial charge in [0.15, 0.2) is 0 Å². The molecule has 4 unspecified atom stereocenters. The van der Waals surface area contributed by atoms with Crippen LogP contribution in [0.4, 0.5) is 0 Å². The van der Waals surface area contributed by atoms with Crippen LogP contribution in [0.1, 0.15) is 79.1 Å². The van der Waals surface area contributed by atoms with E-state index in [4.69, 9.17) is 0 Å². The molecule has 1 aliphatic heterocycles. The summed E-state index contributed by atoms with van der Waals surface area (Å²) in [4.78, 5) is 28.5. The molecule has 2 amide bonds. The van der Waals surface area contributed by atoms with Crippen molar-refractivity contribution in [2.24, 2.45) is 23.2 Å². The van der Waals surface area contributed by atoms with Gasteiger partial charge in [-0.15, -0.1) is 6.58 Å². The normalized spacial score (nSPS) is 27.3. The quantitative estimate of drug-likeness (QED) is 0.226. The highest BCUT2D eigenvalue weighted by atomic mass is 16.2. The highest BCUT2D eigenvalue weighted by molar-refractivity contribution is 5.84. The van der Waals surface area contributed by atoms with Crippen LogP contribution in [0.2, 0.25) is 0 Å². The number of hydrogen-bond acceptors (Lipinski definition) is 4. The van der Waals surface area contributed by atoms with E-state index in [2.05, 4.69) is 67.9 Å². The number of piperidine rings is 1. The molecule has 2 saturated carbocycles. The Morgan fingerprint density at radius 1 is 1.14 bits per heavy atom. The van der Waals surface area contributed by atoms with Crippen molar-refractivity contribution in [3.63, 3.8) is 0 Å². The third-order valence-corrected chi connectivity index (χ3v) is 9.19. The molecular formula is C31H50N4O2. The predicted molar refractivity (Wildman–Crippen MR) is 153 cm³/mol. The van der Waals surface area contributed by atoms with E-state index >= 15 is 0 Å². The molecule has 0 radical (unpaired) electrons. The van der Waals surface area contributed by atoms with Gasteiger partial charge in [-0.25, -0.2) is 0 Å². The summed E-state index contributed by atoms with van der Waals surface area (Å²) in [5, 5.41) is 9.81. The second kappa shape index (κ2) is 12.4. The minimum Gasteiger partial charge on any atom is -0.382 e. The predicted octanol–water partition coefficient (Wildman–Crippen LogP) is 5.06. The van der Waals surface area contributed by atoms with Crippen molar-refractivity contribution in [2.45, 2.75) is 97.2 Å². The van der Waals surface area contributed by atoms with Crippen LogP contribution in [-0.4, -0.2) is 47.9 Å². The first-order valence-corrected chi connectivity index (χ1v) is 14.3. The third kappa shape index (κ3) is 6.50. The lowest BCUT2D eigenvalue weighted by atomic mass is 9.69. The Morgan fingerprint density at radius 3 is 2.41 bits per heavy atom. The van der Waals surface area contributed by atoms with Gasteiger partial charge in [0.25, 0.3) is 0 Å². The van der Waals surface area contributed by atoms with Gasteiger partial charge in [0.1, 0.15) is 6.04 Å². The average Bonchev–Trinajstić information content (AvgIpc) is 3.30. The average molecular weight is 511 g/mol. The van der Waals surface area contributed by atoms with Crippen molar-refractivity contribution >= 4 is 11.8 Å². The molecule has 6 heteroatoms. The summed E-state index contributed by atoms with van der Waals surface area (Å²) < 4.78 is 0. The van der Waals surface area contributed by atoms with E-state index in [1.165, 1.54) is 6.42 Å². The van der Waals surface area contributed by atoms with E-state index in [-0.39, 0.29) is 35.4 Å². The zero-order valence-electron chi connectivity index (χ0n) is 23.7. The number of fused-ring (bicyclic) bond motifs is 1. The molecule has 6 nitrogen and oxygen atoms in total. The molecule has 3 N–H and O–H groups in total. The molecule has 0 aromatic rings. The van der Waals surface area contributed by atoms with Crippen LogP contribution in [0, 0.1) is 23.2 Å². The first-order chi connectivity index (χ1) is 17.6. The minimum atomic E-state index is -0.276. The maximum absolute atomic E-state index is 14.0. The molecular weight excluding hydrogens is 460 g/mol. The Bertz CT molecular complexity index is 903. The van der Waals surface area contributed by atoms with Crippen LogP contribution in [0.15, 0.2) is 49.4 Å². The van der Waals surface area contributed by atoms with Crippen molar-refractivity contribution < 1.29 is 9.59 Å². The zero-order chi connectivity index (χ0) is 27.3. The molecule has 37 heavy (non-hydrogen) atoms. The van der Waals surface area contributed by atoms with Gasteiger partial charge in [0.2, 0.25) is 11.8 Å². The molecule has 0 aromatic heterocycles. The Labute approximate surface area is 225 Å². The van der Waals surface area contributed by atoms with Crippen molar-refractivity contribution in [1.82, 2.24) is 20.9 Å². The molecule has 6 atom stereocenters. The van der Waals surface area contributed by atoms with Gasteiger partial charge in [-0.05, 0) is 48.0 Å². The number of unbranched alkanes of at least 4 members (excludes halogenated alkanes) is 1. The third-order valence-electron chi connectivity index (χ3n) is 9.19. The lowest BCUT2D eigenvalue weighted by molar-refractivity contribution is -0.126. The van der Waals surface area contributed by atoms with Gasteiger partial charge in [0, 0.05) is 31.4 Å². The second-order valence-electron chi connectivity index (χ2n) is 11.9. The fraction of sp³-hybridized carbons (Fsp3) is 0.677. The summed E-state index contributed by atoms with van der Waals surface area (Å²) in [6, 6.07) is -0.619. The monoisotopic (exact) mass is 510 g/mol. The summed E-state index contributed by atoms with van der Waals surface area (Å²) in [5.41, 5.74) is 2.40. The number of rotatable bonds is 14. The zero-order valence-corrected chi connectivity index (χ0v) is 23.7. The number of likely N-dealkylation sites (tertiary alicyclic amines) is 1. The smallest absolute Gasteiger partial charge is 0.243 e. The first kappa shape index (κ1) is 29.1. The van der Waals surface area contributed by atoms with Crippen molar-refractivity contribution in [2.75, 3.05) is 13.1 Å². The molecule has 0 aromatic carbocycles. The number of nitrogens with one attached hydrogen (secondary N) is 3. The fourth-order valence-corrected chi connectivity index (χ4v) is 6.75. The second-order valence-corrected chi connectivity index (χ2v) is 11.9. The maximum atomic E-state index is 14.0. The van der Waals surface area contributed by atoms with E-state index in [1.54, 1.807) is 13.0 Å². The van der Waals surface area contributed by atoms with E-state index in [0.29, 0.717) is 24.3 Å². The van der Waals surface area contributed by atoms with Crippen LogP contribution in [0.3, 0.4) is 0 Å². The molecule has 3 aliphatic rings. The van der Waals surface area contributed by atoms with Crippen molar-refractivity contribution in [1.29, 1.82) is 0 Å². The summed E-state index contributed by atoms with van der Waals surface area (Å²) in [6.07, 6.45) is 10.3. The van der Waals surface area contributed by atoms with Crippen molar-refractivity contribution in [3.05, 3.63) is 49.4 Å². The summed E-state index contributed by atoms with van der Waals surface area (Å²) in [7, 11) is 0. The Balaban J connectivity index is 1.81. The maximum Gasteiger partial charge on any atom is 0.243 e. The van der Waals surface area contributed by atoms with Gasteiger partial charge in [-0.1, -0.05) is 78.7 Å². The standard InChI is InChI=1S/C31H50N4O2/c1-9-11-15-26(20(3)22(5)32-18-10-2)34-30(37)28-27-21(4)25(27)19-35(28)23(6)29(33-24(7)36)31(8)16-13-12-14-17-31/h10,21,25-29,32H,2-3,5-6,9,11-19H2,1,4,7-8H3,(H,33,36)(H,34,37)/t21?,25-,26?,27+,28?,29?/m1/s1. The molecule has 206 valence electrons. The molecule has 3 rings (SSSR count). The van der Waals surface area contributed by atoms with Gasteiger partial charge in [0.05, 0.1) is 12.1 Å². The van der Waals surface area contributed by atoms with Crippen LogP contribution in [0.5, 0.6) is 0 Å². The Hall–Kier alpha value is -2.50. The number of carbonyl (C=O) groups excluding carboxylic acids is 2. The molecule has 1 heterocycles. The number of carbonyl (C=O) groups is 2. The molecule has 1 saturated heterocycles. The van der Waals surface area contributed by atoms with Gasteiger partial charge >= 0.3 is 0 Å².